The fraction of sp³-hybridized carbons (Fsp3) is 0.292. The van der Waals surface area contributed by atoms with Crippen LogP contribution in [0.1, 0.15) is 33.2 Å². The minimum Gasteiger partial charge on any atom is -0.337 e. The summed E-state index contributed by atoms with van der Waals surface area (Å²) in [7, 11) is 0. The number of carbonyl (C=O) groups excluding carboxylic acids is 1. The first kappa shape index (κ1) is 17.3. The smallest absolute Gasteiger partial charge is 0.271 e. The first-order valence-electron chi connectivity index (χ1n) is 9.99. The number of hydrogen-bond acceptors (Lipinski definition) is 2. The van der Waals surface area contributed by atoms with E-state index in [1.54, 1.807) is 0 Å². The predicted molar refractivity (Wildman–Crippen MR) is 110 cm³/mol. The van der Waals surface area contributed by atoms with Crippen LogP contribution in [0.4, 0.5) is 0 Å². The number of carbonyl (C=O) groups is 1. The Labute approximate surface area is 166 Å². The first-order chi connectivity index (χ1) is 13.7. The number of amides is 1. The molecular formula is C24H25N3O. The lowest BCUT2D eigenvalue weighted by molar-refractivity contribution is 0.0556. The van der Waals surface area contributed by atoms with E-state index in [9.17, 15) is 4.79 Å². The molecule has 4 nitrogen and oxygen atoms in total. The van der Waals surface area contributed by atoms with Gasteiger partial charge < -0.3 is 9.47 Å². The molecule has 1 amide bonds. The third-order valence-corrected chi connectivity index (χ3v) is 6.04. The molecule has 1 saturated heterocycles. The molecule has 0 radical (unpaired) electrons. The maximum Gasteiger partial charge on any atom is 0.271 e. The van der Waals surface area contributed by atoms with Crippen LogP contribution in [0.15, 0.2) is 72.9 Å². The summed E-state index contributed by atoms with van der Waals surface area (Å²) < 4.78 is 2.20. The van der Waals surface area contributed by atoms with E-state index in [1.165, 1.54) is 16.7 Å². The summed E-state index contributed by atoms with van der Waals surface area (Å²) >= 11 is 0. The second-order valence-corrected chi connectivity index (χ2v) is 8.04. The van der Waals surface area contributed by atoms with Crippen LogP contribution in [0.25, 0.3) is 0 Å². The molecule has 0 spiro atoms. The highest BCUT2D eigenvalue weighted by Crippen LogP contribution is 2.35. The van der Waals surface area contributed by atoms with Crippen molar-refractivity contribution >= 4 is 5.91 Å². The zero-order valence-corrected chi connectivity index (χ0v) is 16.2. The second kappa shape index (κ2) is 6.95. The molecule has 0 saturated carbocycles. The number of nitrogens with zero attached hydrogens (tertiary/aromatic N) is 3. The molecule has 142 valence electrons. The van der Waals surface area contributed by atoms with Gasteiger partial charge in [-0.15, -0.1) is 0 Å². The minimum atomic E-state index is 0.146. The maximum atomic E-state index is 13.2. The summed E-state index contributed by atoms with van der Waals surface area (Å²) in [5.41, 5.74) is 4.64. The molecule has 4 heteroatoms. The Morgan fingerprint density at radius 2 is 1.64 bits per heavy atom. The van der Waals surface area contributed by atoms with Crippen molar-refractivity contribution in [3.8, 4) is 0 Å². The number of aryl methyl sites for hydroxylation is 1. The van der Waals surface area contributed by atoms with Crippen molar-refractivity contribution in [1.82, 2.24) is 14.4 Å². The molecule has 5 rings (SSSR count). The van der Waals surface area contributed by atoms with E-state index in [1.807, 2.05) is 30.3 Å². The quantitative estimate of drug-likeness (QED) is 0.696. The van der Waals surface area contributed by atoms with Gasteiger partial charge >= 0.3 is 0 Å². The summed E-state index contributed by atoms with van der Waals surface area (Å²) in [4.78, 5) is 17.8. The zero-order chi connectivity index (χ0) is 19.1. The van der Waals surface area contributed by atoms with Crippen molar-refractivity contribution in [1.29, 1.82) is 0 Å². The first-order valence-corrected chi connectivity index (χ1v) is 9.99. The van der Waals surface area contributed by atoms with Gasteiger partial charge in [0.25, 0.3) is 5.91 Å². The van der Waals surface area contributed by atoms with Crippen LogP contribution in [-0.4, -0.2) is 39.4 Å². The molecule has 2 atom stereocenters. The van der Waals surface area contributed by atoms with Crippen LogP contribution in [0, 0.1) is 6.92 Å². The van der Waals surface area contributed by atoms with E-state index in [0.717, 1.165) is 25.3 Å². The van der Waals surface area contributed by atoms with Gasteiger partial charge in [-0.05, 0) is 30.2 Å². The van der Waals surface area contributed by atoms with E-state index in [-0.39, 0.29) is 11.9 Å². The number of hydrogen-bond donors (Lipinski definition) is 0. The highest BCUT2D eigenvalue weighted by Gasteiger charge is 2.44. The van der Waals surface area contributed by atoms with Crippen LogP contribution in [-0.2, 0) is 13.1 Å². The molecular weight excluding hydrogens is 346 g/mol. The molecule has 0 bridgehead atoms. The molecule has 3 aromatic rings. The summed E-state index contributed by atoms with van der Waals surface area (Å²) in [6.45, 7) is 5.62. The topological polar surface area (TPSA) is 28.5 Å². The molecule has 1 fully saturated rings. The van der Waals surface area contributed by atoms with Crippen molar-refractivity contribution in [2.24, 2.45) is 0 Å². The van der Waals surface area contributed by atoms with Gasteiger partial charge in [-0.1, -0.05) is 60.2 Å². The Hall–Kier alpha value is -2.85. The van der Waals surface area contributed by atoms with Crippen LogP contribution >= 0.6 is 0 Å². The van der Waals surface area contributed by atoms with Crippen molar-refractivity contribution in [2.75, 3.05) is 13.1 Å². The van der Waals surface area contributed by atoms with Crippen LogP contribution in [0.3, 0.4) is 0 Å². The van der Waals surface area contributed by atoms with Crippen molar-refractivity contribution in [2.45, 2.75) is 32.1 Å². The standard InChI is InChI=1S/C24H25N3O/c1-18-7-5-10-20(13-18)14-25-16-22-23(17-25)27(15-19-8-3-2-4-9-19)24(28)21-11-6-12-26(21)22/h2-13,22-23H,14-17H2,1H3/t22-,23+/m1/s1. The van der Waals surface area contributed by atoms with Crippen LogP contribution in [0.5, 0.6) is 0 Å². The maximum absolute atomic E-state index is 13.2. The second-order valence-electron chi connectivity index (χ2n) is 8.04. The van der Waals surface area contributed by atoms with Crippen molar-refractivity contribution in [3.63, 3.8) is 0 Å². The highest BCUT2D eigenvalue weighted by atomic mass is 16.2. The highest BCUT2D eigenvalue weighted by molar-refractivity contribution is 5.94. The Bertz CT molecular complexity index is 994. The average Bonchev–Trinajstić information content (AvgIpc) is 3.33. The molecule has 0 N–H and O–H groups in total. The SMILES string of the molecule is Cc1cccc(CN2C[C@@H]3[C@H](C2)N(Cc2ccccc2)C(=O)c2cccn23)c1. The van der Waals surface area contributed by atoms with Gasteiger partial charge in [-0.25, -0.2) is 0 Å². The van der Waals surface area contributed by atoms with Gasteiger partial charge in [0.2, 0.25) is 0 Å². The fourth-order valence-corrected chi connectivity index (χ4v) is 4.76. The Balaban J connectivity index is 1.43. The number of fused-ring (bicyclic) bond motifs is 3. The Kier molecular flexibility index (Phi) is 4.29. The summed E-state index contributed by atoms with van der Waals surface area (Å²) in [6.07, 6.45) is 2.07. The van der Waals surface area contributed by atoms with Gasteiger partial charge in [0.05, 0.1) is 12.1 Å². The Morgan fingerprint density at radius 3 is 2.46 bits per heavy atom. The molecule has 1 aromatic heterocycles. The molecule has 3 heterocycles. The van der Waals surface area contributed by atoms with Crippen molar-refractivity contribution < 1.29 is 4.79 Å². The van der Waals surface area contributed by atoms with E-state index in [0.29, 0.717) is 12.6 Å². The summed E-state index contributed by atoms with van der Waals surface area (Å²) in [5, 5.41) is 0. The lowest BCUT2D eigenvalue weighted by Crippen LogP contribution is -2.49. The third-order valence-electron chi connectivity index (χ3n) is 6.04. The lowest BCUT2D eigenvalue weighted by Gasteiger charge is -2.38. The van der Waals surface area contributed by atoms with Gasteiger partial charge in [-0.2, -0.15) is 0 Å². The number of rotatable bonds is 4. The lowest BCUT2D eigenvalue weighted by atomic mass is 10.0. The molecule has 28 heavy (non-hydrogen) atoms. The zero-order valence-electron chi connectivity index (χ0n) is 16.2. The third kappa shape index (κ3) is 3.04. The average molecular weight is 371 g/mol. The molecule has 2 aliphatic heterocycles. The molecule has 0 aliphatic carbocycles. The Morgan fingerprint density at radius 1 is 0.857 bits per heavy atom. The predicted octanol–water partition coefficient (Wildman–Crippen LogP) is 3.88. The minimum absolute atomic E-state index is 0.146. The van der Waals surface area contributed by atoms with E-state index < -0.39 is 0 Å². The molecule has 2 aliphatic rings. The fourth-order valence-electron chi connectivity index (χ4n) is 4.76. The largest absolute Gasteiger partial charge is 0.337 e. The van der Waals surface area contributed by atoms with Gasteiger partial charge in [0, 0.05) is 32.4 Å². The number of benzene rings is 2. The van der Waals surface area contributed by atoms with E-state index in [4.69, 9.17) is 0 Å². The van der Waals surface area contributed by atoms with Crippen molar-refractivity contribution in [3.05, 3.63) is 95.3 Å². The number of aromatic nitrogens is 1. The normalized spacial score (nSPS) is 21.6. The van der Waals surface area contributed by atoms with Gasteiger partial charge in [0.15, 0.2) is 0 Å². The van der Waals surface area contributed by atoms with Gasteiger partial charge in [0.1, 0.15) is 5.69 Å². The molecule has 0 unspecified atom stereocenters. The van der Waals surface area contributed by atoms with Gasteiger partial charge in [-0.3, -0.25) is 9.69 Å². The van der Waals surface area contributed by atoms with Crippen LogP contribution in [0.2, 0.25) is 0 Å². The molecule has 2 aromatic carbocycles. The van der Waals surface area contributed by atoms with E-state index in [2.05, 4.69) is 63.9 Å². The van der Waals surface area contributed by atoms with Crippen LogP contribution < -0.4 is 0 Å². The van der Waals surface area contributed by atoms with E-state index >= 15 is 0 Å². The summed E-state index contributed by atoms with van der Waals surface area (Å²) in [6, 6.07) is 23.5. The monoisotopic (exact) mass is 371 g/mol. The summed E-state index contributed by atoms with van der Waals surface area (Å²) in [5.74, 6) is 0.146. The number of likely N-dealkylation sites (tertiary alicyclic amines) is 1.